The zero-order valence-corrected chi connectivity index (χ0v) is 11.3. The van der Waals surface area contributed by atoms with Crippen molar-refractivity contribution in [2.45, 2.75) is 52.4 Å². The lowest BCUT2D eigenvalue weighted by atomic mass is 10.0. The van der Waals surface area contributed by atoms with Gasteiger partial charge in [0.1, 0.15) is 0 Å². The third-order valence-corrected chi connectivity index (χ3v) is 3.67. The normalized spacial score (nSPS) is 20.8. The van der Waals surface area contributed by atoms with E-state index in [0.717, 1.165) is 5.92 Å². The van der Waals surface area contributed by atoms with Crippen LogP contribution in [-0.2, 0) is 0 Å². The van der Waals surface area contributed by atoms with Gasteiger partial charge in [0.05, 0.1) is 0 Å². The van der Waals surface area contributed by atoms with Crippen LogP contribution in [0.5, 0.6) is 0 Å². The Morgan fingerprint density at radius 1 is 1.06 bits per heavy atom. The van der Waals surface area contributed by atoms with E-state index in [0.29, 0.717) is 0 Å². The highest BCUT2D eigenvalue weighted by Gasteiger charge is 2.15. The minimum Gasteiger partial charge on any atom is -0.316 e. The van der Waals surface area contributed by atoms with Crippen LogP contribution in [0.3, 0.4) is 0 Å². The highest BCUT2D eigenvalue weighted by Crippen LogP contribution is 2.13. The number of nitrogens with one attached hydrogen (secondary N) is 1. The Hall–Kier alpha value is -0.0800. The smallest absolute Gasteiger partial charge is 0.00156 e. The molecule has 1 atom stereocenters. The molecule has 1 aliphatic heterocycles. The van der Waals surface area contributed by atoms with Crippen molar-refractivity contribution in [3.63, 3.8) is 0 Å². The molecular weight excluding hydrogens is 196 g/mol. The van der Waals surface area contributed by atoms with Crippen LogP contribution in [0.4, 0.5) is 0 Å². The van der Waals surface area contributed by atoms with Crippen molar-refractivity contribution < 1.29 is 0 Å². The monoisotopic (exact) mass is 226 g/mol. The Kier molecular flexibility index (Phi) is 7.87. The second-order valence-electron chi connectivity index (χ2n) is 5.20. The number of hydrogen-bond acceptors (Lipinski definition) is 2. The third-order valence-electron chi connectivity index (χ3n) is 3.67. The fraction of sp³-hybridized carbons (Fsp3) is 1.00. The maximum absolute atomic E-state index is 3.46. The maximum atomic E-state index is 3.46. The van der Waals surface area contributed by atoms with Crippen LogP contribution in [0, 0.1) is 5.92 Å². The molecule has 0 radical (unpaired) electrons. The molecule has 0 aliphatic carbocycles. The second-order valence-corrected chi connectivity index (χ2v) is 5.20. The van der Waals surface area contributed by atoms with Gasteiger partial charge in [0.25, 0.3) is 0 Å². The average molecular weight is 226 g/mol. The minimum absolute atomic E-state index is 0.950. The number of hydrogen-bond donors (Lipinski definition) is 1. The highest BCUT2D eigenvalue weighted by atomic mass is 15.1. The van der Waals surface area contributed by atoms with Gasteiger partial charge < -0.3 is 10.2 Å². The summed E-state index contributed by atoms with van der Waals surface area (Å²) in [5.41, 5.74) is 0. The van der Waals surface area contributed by atoms with Crippen LogP contribution in [0.25, 0.3) is 0 Å². The van der Waals surface area contributed by atoms with Crippen LogP contribution < -0.4 is 5.32 Å². The summed E-state index contributed by atoms with van der Waals surface area (Å²) in [4.78, 5) is 2.69. The van der Waals surface area contributed by atoms with E-state index in [1.54, 1.807) is 0 Å². The second kappa shape index (κ2) is 9.00. The van der Waals surface area contributed by atoms with Crippen LogP contribution in [-0.4, -0.2) is 37.6 Å². The quantitative estimate of drug-likeness (QED) is 0.650. The molecular formula is C14H30N2. The lowest BCUT2D eigenvalue weighted by molar-refractivity contribution is 0.247. The molecule has 96 valence electrons. The van der Waals surface area contributed by atoms with E-state index in [2.05, 4.69) is 24.1 Å². The summed E-state index contributed by atoms with van der Waals surface area (Å²) < 4.78 is 0. The molecule has 1 saturated heterocycles. The first-order valence-electron chi connectivity index (χ1n) is 7.29. The maximum Gasteiger partial charge on any atom is -0.00156 e. The summed E-state index contributed by atoms with van der Waals surface area (Å²) in [6, 6.07) is 0. The van der Waals surface area contributed by atoms with Crippen molar-refractivity contribution in [2.75, 3.05) is 32.7 Å². The van der Waals surface area contributed by atoms with Gasteiger partial charge in [0.15, 0.2) is 0 Å². The standard InChI is InChI=1S/C14H30N2/c1-3-5-10-16(11-6-4-2)12-8-14-7-9-15-13-14/h14-15H,3-13H2,1-2H3. The van der Waals surface area contributed by atoms with E-state index in [9.17, 15) is 0 Å². The van der Waals surface area contributed by atoms with E-state index in [1.165, 1.54) is 71.2 Å². The predicted molar refractivity (Wildman–Crippen MR) is 71.8 cm³/mol. The zero-order valence-electron chi connectivity index (χ0n) is 11.3. The Morgan fingerprint density at radius 2 is 1.75 bits per heavy atom. The Morgan fingerprint density at radius 3 is 2.25 bits per heavy atom. The van der Waals surface area contributed by atoms with Crippen LogP contribution in [0.15, 0.2) is 0 Å². The van der Waals surface area contributed by atoms with Gasteiger partial charge in [-0.1, -0.05) is 26.7 Å². The predicted octanol–water partition coefficient (Wildman–Crippen LogP) is 2.89. The molecule has 0 amide bonds. The van der Waals surface area contributed by atoms with Gasteiger partial charge >= 0.3 is 0 Å². The molecule has 1 unspecified atom stereocenters. The molecule has 1 rings (SSSR count). The van der Waals surface area contributed by atoms with Crippen molar-refractivity contribution in [1.29, 1.82) is 0 Å². The molecule has 0 saturated carbocycles. The van der Waals surface area contributed by atoms with Gasteiger partial charge in [-0.15, -0.1) is 0 Å². The van der Waals surface area contributed by atoms with E-state index in [4.69, 9.17) is 0 Å². The van der Waals surface area contributed by atoms with E-state index in [-0.39, 0.29) is 0 Å². The molecule has 1 fully saturated rings. The first kappa shape index (κ1) is 14.0. The van der Waals surface area contributed by atoms with Crippen molar-refractivity contribution in [3.8, 4) is 0 Å². The fourth-order valence-electron chi connectivity index (χ4n) is 2.42. The van der Waals surface area contributed by atoms with Gasteiger partial charge in [0, 0.05) is 0 Å². The number of nitrogens with zero attached hydrogens (tertiary/aromatic N) is 1. The van der Waals surface area contributed by atoms with Crippen molar-refractivity contribution >= 4 is 0 Å². The van der Waals surface area contributed by atoms with E-state index in [1.807, 2.05) is 0 Å². The van der Waals surface area contributed by atoms with Crippen LogP contribution in [0.1, 0.15) is 52.4 Å². The van der Waals surface area contributed by atoms with E-state index < -0.39 is 0 Å². The lowest BCUT2D eigenvalue weighted by Gasteiger charge is -2.23. The summed E-state index contributed by atoms with van der Waals surface area (Å²) in [6.07, 6.45) is 8.19. The molecule has 2 nitrogen and oxygen atoms in total. The van der Waals surface area contributed by atoms with Crippen molar-refractivity contribution in [1.82, 2.24) is 10.2 Å². The molecule has 0 aromatic carbocycles. The molecule has 0 bridgehead atoms. The van der Waals surface area contributed by atoms with Gasteiger partial charge in [-0.05, 0) is 64.3 Å². The summed E-state index contributed by atoms with van der Waals surface area (Å²) >= 11 is 0. The Bertz CT molecular complexity index is 145. The van der Waals surface area contributed by atoms with Crippen molar-refractivity contribution in [3.05, 3.63) is 0 Å². The van der Waals surface area contributed by atoms with Crippen LogP contribution in [0.2, 0.25) is 0 Å². The molecule has 0 spiro atoms. The summed E-state index contributed by atoms with van der Waals surface area (Å²) in [6.45, 7) is 11.0. The zero-order chi connectivity index (χ0) is 11.6. The molecule has 1 N–H and O–H groups in total. The summed E-state index contributed by atoms with van der Waals surface area (Å²) in [7, 11) is 0. The highest BCUT2D eigenvalue weighted by molar-refractivity contribution is 4.72. The summed E-state index contributed by atoms with van der Waals surface area (Å²) in [5.74, 6) is 0.950. The molecule has 0 aromatic heterocycles. The molecule has 1 heterocycles. The largest absolute Gasteiger partial charge is 0.316 e. The molecule has 2 heteroatoms. The summed E-state index contributed by atoms with van der Waals surface area (Å²) in [5, 5.41) is 3.46. The van der Waals surface area contributed by atoms with Gasteiger partial charge in [-0.3, -0.25) is 0 Å². The van der Waals surface area contributed by atoms with Gasteiger partial charge in [-0.2, -0.15) is 0 Å². The molecule has 1 aliphatic rings. The van der Waals surface area contributed by atoms with Gasteiger partial charge in [0.2, 0.25) is 0 Å². The first-order chi connectivity index (χ1) is 7.86. The van der Waals surface area contributed by atoms with Crippen LogP contribution >= 0.6 is 0 Å². The third kappa shape index (κ3) is 5.86. The minimum atomic E-state index is 0.950. The Balaban J connectivity index is 2.13. The molecule has 16 heavy (non-hydrogen) atoms. The molecule has 0 aromatic rings. The number of unbranched alkanes of at least 4 members (excludes halogenated alkanes) is 2. The van der Waals surface area contributed by atoms with Gasteiger partial charge in [-0.25, -0.2) is 0 Å². The SMILES string of the molecule is CCCCN(CCCC)CCC1CCNC1. The Labute approximate surface area is 102 Å². The number of rotatable bonds is 9. The lowest BCUT2D eigenvalue weighted by Crippen LogP contribution is -2.28. The fourth-order valence-corrected chi connectivity index (χ4v) is 2.42. The topological polar surface area (TPSA) is 15.3 Å². The van der Waals surface area contributed by atoms with E-state index >= 15 is 0 Å². The average Bonchev–Trinajstić information content (AvgIpc) is 2.81. The van der Waals surface area contributed by atoms with Crippen molar-refractivity contribution in [2.24, 2.45) is 5.92 Å². The first-order valence-corrected chi connectivity index (χ1v) is 7.29.